The van der Waals surface area contributed by atoms with E-state index in [1.54, 1.807) is 0 Å². The molecule has 0 aromatic carbocycles. The van der Waals surface area contributed by atoms with E-state index in [1.807, 2.05) is 0 Å². The molecular weight excluding hydrogens is 386 g/mol. The van der Waals surface area contributed by atoms with Gasteiger partial charge in [0.1, 0.15) is 12.1 Å². The lowest BCUT2D eigenvalue weighted by atomic mass is 9.56. The summed E-state index contributed by atoms with van der Waals surface area (Å²) in [6.07, 6.45) is 9.38. The Kier molecular flexibility index (Phi) is 4.51. The van der Waals surface area contributed by atoms with Gasteiger partial charge in [-0.1, -0.05) is 32.4 Å². The maximum absolute atomic E-state index is 14.1. The summed E-state index contributed by atoms with van der Waals surface area (Å²) < 4.78 is 6.96. The number of ketones is 1. The molecule has 10 atom stereocenters. The Morgan fingerprint density at radius 3 is 2.84 bits per heavy atom. The first-order chi connectivity index (χ1) is 14.8. The smallest absolute Gasteiger partial charge is 0.163 e. The Morgan fingerprint density at radius 1 is 1.23 bits per heavy atom. The number of ether oxygens (including phenoxy) is 1. The first kappa shape index (κ1) is 20.6. The zero-order chi connectivity index (χ0) is 21.7. The Morgan fingerprint density at radius 2 is 2.03 bits per heavy atom. The fourth-order valence-electron chi connectivity index (χ4n) is 9.07. The molecule has 0 aromatic heterocycles. The molecule has 0 amide bonds. The zero-order valence-corrected chi connectivity index (χ0v) is 19.7. The van der Waals surface area contributed by atoms with E-state index in [-0.39, 0.29) is 23.0 Å². The van der Waals surface area contributed by atoms with Crippen LogP contribution in [0.4, 0.5) is 0 Å². The van der Waals surface area contributed by atoms with Crippen LogP contribution in [-0.4, -0.2) is 41.3 Å². The van der Waals surface area contributed by atoms with Crippen molar-refractivity contribution < 1.29 is 20.0 Å². The molecule has 0 aromatic rings. The molecule has 2 heterocycles. The monoisotopic (exact) mass is 426 g/mol. The van der Waals surface area contributed by atoms with Crippen LogP contribution in [0.15, 0.2) is 22.8 Å². The van der Waals surface area contributed by atoms with Crippen LogP contribution in [-0.2, 0) is 9.53 Å². The van der Waals surface area contributed by atoms with E-state index in [9.17, 15) is 9.90 Å². The topological polar surface area (TPSA) is 63.1 Å². The highest BCUT2D eigenvalue weighted by molar-refractivity contribution is 6.02. The number of Topliss-reactive ketones (excluding diaryl/α,β-unsaturated/α-hetero) is 1. The standard InChI is InChI=1S/C27H39NO3/c1-14-11-21-24(28-13-14)16(3)27(31-21)10-8-19-20-6-5-17-12-18(29)7-9-26(17,4)23(20)25(30)22(19)15(27)2/h5,14,16,18-21,23-24,28-29H,6-13H2,1-4H3/p+1/t14-,16-,18+,19+,20-,21-,23-,24-,26+,27+/m1/s1. The SMILES string of the molecule is CC1=C2C(=O)[C@H]3[C@H](CC=C4C[C@@H](O)CC[C@@]43C)[C@@H]2CC[C@]12O[C@@H]1C[C@@H](C)C[NH2+][C@@H]1[C@H]2C. The Hall–Kier alpha value is -0.970. The van der Waals surface area contributed by atoms with Gasteiger partial charge in [-0.15, -0.1) is 0 Å². The molecule has 4 aliphatic carbocycles. The number of quaternary nitrogens is 1. The third kappa shape index (κ3) is 2.62. The molecule has 3 N–H and O–H groups in total. The number of hydrogen-bond donors (Lipinski definition) is 2. The van der Waals surface area contributed by atoms with E-state index < -0.39 is 0 Å². The lowest BCUT2D eigenvalue weighted by Gasteiger charge is -2.48. The average Bonchev–Trinajstić information content (AvgIpc) is 3.18. The number of rotatable bonds is 0. The maximum Gasteiger partial charge on any atom is 0.163 e. The highest BCUT2D eigenvalue weighted by Gasteiger charge is 2.64. The summed E-state index contributed by atoms with van der Waals surface area (Å²) in [5.41, 5.74) is 3.50. The third-order valence-corrected chi connectivity index (χ3v) is 10.8. The van der Waals surface area contributed by atoms with Gasteiger partial charge in [-0.2, -0.15) is 0 Å². The molecule has 6 aliphatic rings. The summed E-state index contributed by atoms with van der Waals surface area (Å²) in [5.74, 6) is 2.56. The van der Waals surface area contributed by atoms with Crippen LogP contribution in [0.25, 0.3) is 0 Å². The predicted octanol–water partition coefficient (Wildman–Crippen LogP) is 3.15. The normalized spacial score (nSPS) is 53.7. The van der Waals surface area contributed by atoms with Crippen LogP contribution in [0, 0.1) is 35.0 Å². The van der Waals surface area contributed by atoms with Crippen molar-refractivity contribution in [2.24, 2.45) is 35.0 Å². The van der Waals surface area contributed by atoms with E-state index in [0.717, 1.165) is 50.5 Å². The summed E-state index contributed by atoms with van der Waals surface area (Å²) >= 11 is 0. The quantitative estimate of drug-likeness (QED) is 0.585. The van der Waals surface area contributed by atoms with Gasteiger partial charge >= 0.3 is 0 Å². The van der Waals surface area contributed by atoms with Crippen molar-refractivity contribution in [3.63, 3.8) is 0 Å². The van der Waals surface area contributed by atoms with Crippen molar-refractivity contribution in [3.05, 3.63) is 22.8 Å². The van der Waals surface area contributed by atoms with Gasteiger partial charge in [0, 0.05) is 23.3 Å². The van der Waals surface area contributed by atoms with Gasteiger partial charge in [-0.3, -0.25) is 4.79 Å². The van der Waals surface area contributed by atoms with Gasteiger partial charge in [0.25, 0.3) is 0 Å². The highest BCUT2D eigenvalue weighted by Crippen LogP contribution is 2.63. The second-order valence-electron chi connectivity index (χ2n) is 12.2. The molecule has 6 rings (SSSR count). The second kappa shape index (κ2) is 6.77. The highest BCUT2D eigenvalue weighted by atomic mass is 16.5. The molecule has 0 radical (unpaired) electrons. The molecule has 2 aliphatic heterocycles. The minimum atomic E-state index is -0.231. The fraction of sp³-hybridized carbons (Fsp3) is 0.815. The van der Waals surface area contributed by atoms with Gasteiger partial charge in [0.05, 0.1) is 18.2 Å². The minimum Gasteiger partial charge on any atom is -0.393 e. The van der Waals surface area contributed by atoms with Crippen molar-refractivity contribution in [3.8, 4) is 0 Å². The average molecular weight is 427 g/mol. The summed E-state index contributed by atoms with van der Waals surface area (Å²) in [7, 11) is 0. The van der Waals surface area contributed by atoms with Crippen LogP contribution in [0.1, 0.15) is 72.6 Å². The number of fused-ring (bicyclic) bond motifs is 6. The number of carbonyl (C=O) groups excluding carboxylic acids is 1. The Balaban J connectivity index is 1.39. The van der Waals surface area contributed by atoms with Crippen molar-refractivity contribution in [2.45, 2.75) is 96.5 Å². The number of carbonyl (C=O) groups is 1. The van der Waals surface area contributed by atoms with Gasteiger partial charge < -0.3 is 15.2 Å². The lowest BCUT2D eigenvalue weighted by molar-refractivity contribution is -0.710. The number of piperidine rings is 1. The Labute approximate surface area is 186 Å². The Bertz CT molecular complexity index is 876. The van der Waals surface area contributed by atoms with Gasteiger partial charge in [0.15, 0.2) is 5.78 Å². The molecule has 4 nitrogen and oxygen atoms in total. The number of hydrogen-bond acceptors (Lipinski definition) is 3. The molecule has 4 fully saturated rings. The van der Waals surface area contributed by atoms with E-state index >= 15 is 0 Å². The number of aliphatic hydroxyl groups excluding tert-OH is 1. The van der Waals surface area contributed by atoms with E-state index in [2.05, 4.69) is 39.1 Å². The van der Waals surface area contributed by atoms with Crippen LogP contribution in [0.3, 0.4) is 0 Å². The van der Waals surface area contributed by atoms with Crippen LogP contribution in [0.2, 0.25) is 0 Å². The van der Waals surface area contributed by atoms with Crippen LogP contribution in [0.5, 0.6) is 0 Å². The molecule has 4 heteroatoms. The van der Waals surface area contributed by atoms with Crippen molar-refractivity contribution in [1.82, 2.24) is 0 Å². The number of aliphatic hydroxyl groups is 1. The number of nitrogens with two attached hydrogens (primary N) is 1. The van der Waals surface area contributed by atoms with Crippen molar-refractivity contribution >= 4 is 5.78 Å². The predicted molar refractivity (Wildman–Crippen MR) is 119 cm³/mol. The summed E-state index contributed by atoms with van der Waals surface area (Å²) in [4.78, 5) is 14.1. The third-order valence-electron chi connectivity index (χ3n) is 10.8. The largest absolute Gasteiger partial charge is 0.393 e. The fourth-order valence-corrected chi connectivity index (χ4v) is 9.07. The molecule has 2 saturated heterocycles. The number of allylic oxidation sites excluding steroid dienone is 2. The zero-order valence-electron chi connectivity index (χ0n) is 19.7. The molecule has 0 bridgehead atoms. The second-order valence-corrected chi connectivity index (χ2v) is 12.2. The molecule has 1 spiro atoms. The van der Waals surface area contributed by atoms with Crippen molar-refractivity contribution in [2.75, 3.05) is 6.54 Å². The van der Waals surface area contributed by atoms with E-state index in [1.165, 1.54) is 17.7 Å². The van der Waals surface area contributed by atoms with Crippen molar-refractivity contribution in [1.29, 1.82) is 0 Å². The van der Waals surface area contributed by atoms with E-state index in [0.29, 0.717) is 41.6 Å². The summed E-state index contributed by atoms with van der Waals surface area (Å²) in [6, 6.07) is 0.535. The molecule has 0 unspecified atom stereocenters. The molecule has 170 valence electrons. The van der Waals surface area contributed by atoms with Crippen LogP contribution < -0.4 is 5.32 Å². The molecular formula is C27H40NO3+. The van der Waals surface area contributed by atoms with Gasteiger partial charge in [-0.25, -0.2) is 0 Å². The first-order valence-electron chi connectivity index (χ1n) is 12.9. The van der Waals surface area contributed by atoms with Crippen LogP contribution >= 0.6 is 0 Å². The summed E-state index contributed by atoms with van der Waals surface area (Å²) in [5, 5.41) is 12.8. The molecule has 2 saturated carbocycles. The lowest BCUT2D eigenvalue weighted by Crippen LogP contribution is -2.96. The van der Waals surface area contributed by atoms with Gasteiger partial charge in [-0.05, 0) is 74.7 Å². The summed E-state index contributed by atoms with van der Waals surface area (Å²) in [6.45, 7) is 10.5. The minimum absolute atomic E-state index is 0.0592. The first-order valence-corrected chi connectivity index (χ1v) is 12.9. The maximum atomic E-state index is 14.1. The van der Waals surface area contributed by atoms with Gasteiger partial charge in [0.2, 0.25) is 0 Å². The molecule has 31 heavy (non-hydrogen) atoms. The van der Waals surface area contributed by atoms with E-state index in [4.69, 9.17) is 4.74 Å².